The fraction of sp³-hybridized carbons (Fsp3) is 0.360. The lowest BCUT2D eigenvalue weighted by Crippen LogP contribution is -2.29. The number of hydrogen-bond donors (Lipinski definition) is 0. The van der Waals surface area contributed by atoms with Crippen molar-refractivity contribution < 1.29 is 14.3 Å². The standard InChI is InChI=1S/C25H27N3O4/c1-5-16(6-2)28-25(30)19-14-22(32-4)21(31-3)13-18(19)23(27-28)24(29)26-20-12-11-15-9-7-8-10-17(15)20/h7-10,13-14,16H,5-6,11-12H2,1-4H3. The Bertz CT molecular complexity index is 1270. The van der Waals surface area contributed by atoms with Crippen LogP contribution in [0, 0.1) is 0 Å². The molecule has 0 aliphatic heterocycles. The van der Waals surface area contributed by atoms with Gasteiger partial charge in [0, 0.05) is 5.39 Å². The molecule has 0 bridgehead atoms. The smallest absolute Gasteiger partial charge is 0.298 e. The van der Waals surface area contributed by atoms with E-state index < -0.39 is 5.91 Å². The van der Waals surface area contributed by atoms with Crippen LogP contribution >= 0.6 is 0 Å². The Labute approximate surface area is 186 Å². The summed E-state index contributed by atoms with van der Waals surface area (Å²) in [5.41, 5.74) is 2.82. The molecule has 0 unspecified atom stereocenters. The maximum atomic E-state index is 13.4. The number of carbonyl (C=O) groups excluding carboxylic acids is 1. The number of aromatic nitrogens is 2. The van der Waals surface area contributed by atoms with Gasteiger partial charge in [0.25, 0.3) is 11.5 Å². The average Bonchev–Trinajstić information content (AvgIpc) is 3.23. The molecule has 1 aliphatic carbocycles. The normalized spacial score (nSPS) is 14.2. The van der Waals surface area contributed by atoms with Crippen molar-refractivity contribution >= 4 is 22.4 Å². The zero-order valence-corrected chi connectivity index (χ0v) is 18.8. The number of aliphatic imine (C=N–C) groups is 1. The highest BCUT2D eigenvalue weighted by Crippen LogP contribution is 2.33. The predicted molar refractivity (Wildman–Crippen MR) is 124 cm³/mol. The summed E-state index contributed by atoms with van der Waals surface area (Å²) in [5, 5.41) is 5.30. The number of benzene rings is 2. The molecule has 2 aromatic carbocycles. The summed E-state index contributed by atoms with van der Waals surface area (Å²) in [6.07, 6.45) is 3.00. The summed E-state index contributed by atoms with van der Waals surface area (Å²) >= 11 is 0. The van der Waals surface area contributed by atoms with E-state index in [9.17, 15) is 9.59 Å². The third kappa shape index (κ3) is 3.68. The minimum Gasteiger partial charge on any atom is -0.493 e. The number of ether oxygens (including phenoxy) is 2. The molecule has 7 heteroatoms. The topological polar surface area (TPSA) is 82.8 Å². The molecule has 4 rings (SSSR count). The van der Waals surface area contributed by atoms with E-state index in [-0.39, 0.29) is 17.3 Å². The molecule has 0 fully saturated rings. The van der Waals surface area contributed by atoms with Gasteiger partial charge in [-0.1, -0.05) is 38.1 Å². The SMILES string of the molecule is CCC(CC)n1nc(C(=O)N=C2CCc3ccccc32)c2cc(OC)c(OC)cc2c1=O. The lowest BCUT2D eigenvalue weighted by molar-refractivity contribution is 0.0997. The van der Waals surface area contributed by atoms with Gasteiger partial charge in [-0.05, 0) is 48.9 Å². The van der Waals surface area contributed by atoms with Crippen LogP contribution in [0.1, 0.15) is 60.8 Å². The van der Waals surface area contributed by atoms with Gasteiger partial charge in [0.2, 0.25) is 0 Å². The van der Waals surface area contributed by atoms with Crippen LogP contribution in [0.5, 0.6) is 11.5 Å². The van der Waals surface area contributed by atoms with Crippen molar-refractivity contribution in [2.24, 2.45) is 4.99 Å². The maximum Gasteiger partial charge on any atom is 0.298 e. The molecule has 0 spiro atoms. The molecule has 166 valence electrons. The van der Waals surface area contributed by atoms with Crippen LogP contribution in [0.25, 0.3) is 10.8 Å². The second-order valence-corrected chi connectivity index (χ2v) is 7.84. The highest BCUT2D eigenvalue weighted by molar-refractivity contribution is 6.15. The number of carbonyl (C=O) groups is 1. The van der Waals surface area contributed by atoms with Gasteiger partial charge in [-0.3, -0.25) is 9.59 Å². The maximum absolute atomic E-state index is 13.4. The molecule has 1 aromatic heterocycles. The van der Waals surface area contributed by atoms with E-state index in [1.807, 2.05) is 32.0 Å². The van der Waals surface area contributed by atoms with Crippen LogP contribution in [-0.4, -0.2) is 35.6 Å². The van der Waals surface area contributed by atoms with Crippen molar-refractivity contribution in [2.45, 2.75) is 45.6 Å². The Kier molecular flexibility index (Phi) is 6.08. The van der Waals surface area contributed by atoms with E-state index in [4.69, 9.17) is 9.47 Å². The van der Waals surface area contributed by atoms with Crippen molar-refractivity contribution in [2.75, 3.05) is 14.2 Å². The van der Waals surface area contributed by atoms with Gasteiger partial charge in [0.1, 0.15) is 0 Å². The molecule has 7 nitrogen and oxygen atoms in total. The zero-order chi connectivity index (χ0) is 22.8. The summed E-state index contributed by atoms with van der Waals surface area (Å²) in [4.78, 5) is 31.1. The Hall–Kier alpha value is -3.48. The molecule has 0 N–H and O–H groups in total. The van der Waals surface area contributed by atoms with E-state index in [2.05, 4.69) is 16.2 Å². The number of amides is 1. The van der Waals surface area contributed by atoms with Gasteiger partial charge in [-0.15, -0.1) is 0 Å². The molecule has 0 radical (unpaired) electrons. The Morgan fingerprint density at radius 3 is 2.38 bits per heavy atom. The second kappa shape index (κ2) is 8.94. The van der Waals surface area contributed by atoms with Crippen LogP contribution in [0.4, 0.5) is 0 Å². The molecule has 3 aromatic rings. The third-order valence-electron chi connectivity index (χ3n) is 6.11. The van der Waals surface area contributed by atoms with Gasteiger partial charge in [0.15, 0.2) is 17.2 Å². The number of fused-ring (bicyclic) bond motifs is 2. The van der Waals surface area contributed by atoms with Gasteiger partial charge in [-0.2, -0.15) is 5.10 Å². The molecular weight excluding hydrogens is 406 g/mol. The van der Waals surface area contributed by atoms with E-state index in [1.165, 1.54) is 24.5 Å². The molecule has 1 amide bonds. The number of rotatable bonds is 6. The van der Waals surface area contributed by atoms with Crippen LogP contribution in [0.15, 0.2) is 46.2 Å². The Morgan fingerprint density at radius 2 is 1.72 bits per heavy atom. The van der Waals surface area contributed by atoms with Gasteiger partial charge in [-0.25, -0.2) is 9.67 Å². The van der Waals surface area contributed by atoms with Gasteiger partial charge < -0.3 is 9.47 Å². The van der Waals surface area contributed by atoms with Crippen molar-refractivity contribution in [3.8, 4) is 11.5 Å². The lowest BCUT2D eigenvalue weighted by Gasteiger charge is -2.18. The van der Waals surface area contributed by atoms with E-state index in [0.717, 1.165) is 30.5 Å². The van der Waals surface area contributed by atoms with Gasteiger partial charge >= 0.3 is 0 Å². The van der Waals surface area contributed by atoms with Gasteiger partial charge in [0.05, 0.1) is 31.4 Å². The van der Waals surface area contributed by atoms with Crippen molar-refractivity contribution in [3.63, 3.8) is 0 Å². The van der Waals surface area contributed by atoms with Crippen LogP contribution in [0.2, 0.25) is 0 Å². The first-order chi connectivity index (χ1) is 15.5. The molecule has 1 heterocycles. The Morgan fingerprint density at radius 1 is 1.06 bits per heavy atom. The largest absolute Gasteiger partial charge is 0.493 e. The Balaban J connectivity index is 1.94. The second-order valence-electron chi connectivity index (χ2n) is 7.84. The summed E-state index contributed by atoms with van der Waals surface area (Å²) in [6.45, 7) is 4.00. The van der Waals surface area contributed by atoms with Crippen molar-refractivity contribution in [1.82, 2.24) is 9.78 Å². The van der Waals surface area contributed by atoms with Crippen LogP contribution in [-0.2, 0) is 6.42 Å². The fourth-order valence-corrected chi connectivity index (χ4v) is 4.32. The molecule has 32 heavy (non-hydrogen) atoms. The number of hydrogen-bond acceptors (Lipinski definition) is 5. The highest BCUT2D eigenvalue weighted by Gasteiger charge is 2.24. The summed E-state index contributed by atoms with van der Waals surface area (Å²) in [5.74, 6) is 0.386. The van der Waals surface area contributed by atoms with E-state index >= 15 is 0 Å². The minimum atomic E-state index is -0.464. The molecule has 0 atom stereocenters. The number of methoxy groups -OCH3 is 2. The molecule has 0 saturated heterocycles. The predicted octanol–water partition coefficient (Wildman–Crippen LogP) is 4.35. The molecule has 1 aliphatic rings. The monoisotopic (exact) mass is 433 g/mol. The number of aryl methyl sites for hydroxylation is 1. The van der Waals surface area contributed by atoms with E-state index in [0.29, 0.717) is 28.7 Å². The minimum absolute atomic E-state index is 0.119. The molecule has 0 saturated carbocycles. The molecular formula is C25H27N3O4. The average molecular weight is 434 g/mol. The first-order valence-electron chi connectivity index (χ1n) is 10.9. The first-order valence-corrected chi connectivity index (χ1v) is 10.9. The highest BCUT2D eigenvalue weighted by atomic mass is 16.5. The zero-order valence-electron chi connectivity index (χ0n) is 18.8. The summed E-state index contributed by atoms with van der Waals surface area (Å²) in [6, 6.07) is 11.1. The van der Waals surface area contributed by atoms with Crippen molar-refractivity contribution in [3.05, 3.63) is 63.6 Å². The third-order valence-corrected chi connectivity index (χ3v) is 6.11. The summed E-state index contributed by atoms with van der Waals surface area (Å²) in [7, 11) is 3.03. The van der Waals surface area contributed by atoms with Crippen LogP contribution in [0.3, 0.4) is 0 Å². The van der Waals surface area contributed by atoms with E-state index in [1.54, 1.807) is 12.1 Å². The first kappa shape index (κ1) is 21.7. The number of nitrogens with zero attached hydrogens (tertiary/aromatic N) is 3. The van der Waals surface area contributed by atoms with Crippen LogP contribution < -0.4 is 15.0 Å². The quantitative estimate of drug-likeness (QED) is 0.577. The van der Waals surface area contributed by atoms with Crippen molar-refractivity contribution in [1.29, 1.82) is 0 Å². The fourth-order valence-electron chi connectivity index (χ4n) is 4.32. The lowest BCUT2D eigenvalue weighted by atomic mass is 10.1. The summed E-state index contributed by atoms with van der Waals surface area (Å²) < 4.78 is 12.2.